The van der Waals surface area contributed by atoms with Crippen molar-refractivity contribution < 1.29 is 9.53 Å². The number of nitrogens with zero attached hydrogens (tertiary/aromatic N) is 4. The minimum atomic E-state index is -0.256. The van der Waals surface area contributed by atoms with Gasteiger partial charge in [0.25, 0.3) is 5.91 Å². The first-order valence-corrected chi connectivity index (χ1v) is 7.48. The van der Waals surface area contributed by atoms with Crippen molar-refractivity contribution in [3.05, 3.63) is 40.3 Å². The van der Waals surface area contributed by atoms with E-state index in [0.29, 0.717) is 28.1 Å². The molecule has 0 aromatic carbocycles. The molecule has 0 saturated carbocycles. The predicted octanol–water partition coefficient (Wildman–Crippen LogP) is 2.20. The first-order valence-electron chi connectivity index (χ1n) is 6.66. The zero-order valence-corrected chi connectivity index (χ0v) is 13.3. The molecule has 3 aromatic rings. The second-order valence-corrected chi connectivity index (χ2v) is 5.93. The number of anilines is 1. The van der Waals surface area contributed by atoms with Crippen molar-refractivity contribution in [1.82, 2.24) is 19.6 Å². The molecule has 114 valence electrons. The Morgan fingerprint density at radius 2 is 2.23 bits per heavy atom. The lowest BCUT2D eigenvalue weighted by atomic mass is 10.3. The standard InChI is InChI=1S/C14H15N5O2S/c1-8-4-5-19-10(6-8)15-9(2)12(19)13(20)16-14-18-17-11(22-14)7-21-3/h4-6H,7H2,1-3H3,(H,16,18,20). The zero-order chi connectivity index (χ0) is 15.7. The van der Waals surface area contributed by atoms with Crippen LogP contribution in [0.1, 0.15) is 26.8 Å². The third-order valence-corrected chi connectivity index (χ3v) is 3.94. The SMILES string of the molecule is COCc1nnc(NC(=O)c2c(C)nc3cc(C)ccn23)s1. The van der Waals surface area contributed by atoms with Crippen LogP contribution in [0.2, 0.25) is 0 Å². The summed E-state index contributed by atoms with van der Waals surface area (Å²) in [5, 5.41) is 11.8. The second-order valence-electron chi connectivity index (χ2n) is 4.87. The molecule has 1 amide bonds. The van der Waals surface area contributed by atoms with Gasteiger partial charge in [-0.2, -0.15) is 0 Å². The van der Waals surface area contributed by atoms with Crippen LogP contribution in [0.3, 0.4) is 0 Å². The maximum absolute atomic E-state index is 12.5. The molecule has 0 unspecified atom stereocenters. The minimum absolute atomic E-state index is 0.256. The number of imidazole rings is 1. The number of hydrogen-bond acceptors (Lipinski definition) is 6. The Morgan fingerprint density at radius 1 is 1.41 bits per heavy atom. The first-order chi connectivity index (χ1) is 10.6. The van der Waals surface area contributed by atoms with Crippen LogP contribution in [0, 0.1) is 13.8 Å². The van der Waals surface area contributed by atoms with Crippen molar-refractivity contribution in [2.24, 2.45) is 0 Å². The summed E-state index contributed by atoms with van der Waals surface area (Å²) in [7, 11) is 1.59. The van der Waals surface area contributed by atoms with E-state index in [4.69, 9.17) is 4.74 Å². The topological polar surface area (TPSA) is 81.4 Å². The average molecular weight is 317 g/mol. The molecule has 0 atom stereocenters. The van der Waals surface area contributed by atoms with Gasteiger partial charge in [0.15, 0.2) is 0 Å². The van der Waals surface area contributed by atoms with Crippen LogP contribution in [0.5, 0.6) is 0 Å². The van der Waals surface area contributed by atoms with Gasteiger partial charge in [-0.1, -0.05) is 11.3 Å². The van der Waals surface area contributed by atoms with Crippen LogP contribution in [-0.4, -0.2) is 32.6 Å². The summed E-state index contributed by atoms with van der Waals surface area (Å²) < 4.78 is 6.76. The van der Waals surface area contributed by atoms with Crippen LogP contribution in [0.25, 0.3) is 5.65 Å². The average Bonchev–Trinajstić information content (AvgIpc) is 3.02. The van der Waals surface area contributed by atoms with Crippen molar-refractivity contribution in [2.45, 2.75) is 20.5 Å². The van der Waals surface area contributed by atoms with Crippen molar-refractivity contribution in [3.63, 3.8) is 0 Å². The van der Waals surface area contributed by atoms with Crippen LogP contribution < -0.4 is 5.32 Å². The highest BCUT2D eigenvalue weighted by Crippen LogP contribution is 2.19. The van der Waals surface area contributed by atoms with Crippen LogP contribution >= 0.6 is 11.3 Å². The third kappa shape index (κ3) is 2.70. The monoisotopic (exact) mass is 317 g/mol. The lowest BCUT2D eigenvalue weighted by Crippen LogP contribution is -2.15. The van der Waals surface area contributed by atoms with Gasteiger partial charge in [-0.3, -0.25) is 14.5 Å². The van der Waals surface area contributed by atoms with Gasteiger partial charge in [-0.15, -0.1) is 10.2 Å². The smallest absolute Gasteiger partial charge is 0.276 e. The van der Waals surface area contributed by atoms with E-state index in [-0.39, 0.29) is 5.91 Å². The molecule has 0 aliphatic carbocycles. The Labute approximate surface area is 131 Å². The van der Waals surface area contributed by atoms with Gasteiger partial charge in [0.05, 0.1) is 5.69 Å². The highest BCUT2D eigenvalue weighted by molar-refractivity contribution is 7.15. The highest BCUT2D eigenvalue weighted by atomic mass is 32.1. The number of fused-ring (bicyclic) bond motifs is 1. The summed E-state index contributed by atoms with van der Waals surface area (Å²) in [6.45, 7) is 4.18. The van der Waals surface area contributed by atoms with Crippen LogP contribution in [0.15, 0.2) is 18.3 Å². The van der Waals surface area contributed by atoms with E-state index >= 15 is 0 Å². The van der Waals surface area contributed by atoms with E-state index in [9.17, 15) is 4.79 Å². The van der Waals surface area contributed by atoms with Gasteiger partial charge in [-0.25, -0.2) is 4.98 Å². The number of carbonyl (C=O) groups is 1. The number of aromatic nitrogens is 4. The van der Waals surface area contributed by atoms with Gasteiger partial charge in [0.1, 0.15) is 23.0 Å². The van der Waals surface area contributed by atoms with E-state index in [0.717, 1.165) is 11.2 Å². The first kappa shape index (κ1) is 14.6. The molecule has 3 rings (SSSR count). The molecule has 0 radical (unpaired) electrons. The van der Waals surface area contributed by atoms with Gasteiger partial charge < -0.3 is 4.74 Å². The van der Waals surface area contributed by atoms with Crippen molar-refractivity contribution in [2.75, 3.05) is 12.4 Å². The number of hydrogen-bond donors (Lipinski definition) is 1. The van der Waals surface area contributed by atoms with Gasteiger partial charge in [0.2, 0.25) is 5.13 Å². The molecule has 22 heavy (non-hydrogen) atoms. The van der Waals surface area contributed by atoms with Gasteiger partial charge in [0, 0.05) is 13.3 Å². The molecule has 3 heterocycles. The number of nitrogens with one attached hydrogen (secondary N) is 1. The molecule has 0 spiro atoms. The second kappa shape index (κ2) is 5.82. The largest absolute Gasteiger partial charge is 0.377 e. The molecule has 0 saturated heterocycles. The van der Waals surface area contributed by atoms with Crippen LogP contribution in [-0.2, 0) is 11.3 Å². The zero-order valence-electron chi connectivity index (χ0n) is 12.5. The van der Waals surface area contributed by atoms with E-state index in [1.807, 2.05) is 32.2 Å². The molecule has 0 aliphatic heterocycles. The number of ether oxygens (including phenoxy) is 1. The summed E-state index contributed by atoms with van der Waals surface area (Å²) in [5.41, 5.74) is 3.01. The maximum Gasteiger partial charge on any atom is 0.276 e. The fourth-order valence-corrected chi connectivity index (χ4v) is 2.89. The molecule has 1 N–H and O–H groups in total. The molecule has 8 heteroatoms. The molecular formula is C14H15N5O2S. The summed E-state index contributed by atoms with van der Waals surface area (Å²) in [4.78, 5) is 16.9. The lowest BCUT2D eigenvalue weighted by molar-refractivity contribution is 0.102. The summed E-state index contributed by atoms with van der Waals surface area (Å²) in [6.07, 6.45) is 1.84. The number of rotatable bonds is 4. The van der Waals surface area contributed by atoms with Gasteiger partial charge in [-0.05, 0) is 31.5 Å². The Kier molecular flexibility index (Phi) is 3.86. The summed E-state index contributed by atoms with van der Waals surface area (Å²) in [5.74, 6) is -0.256. The normalized spacial score (nSPS) is 11.0. The van der Waals surface area contributed by atoms with Crippen molar-refractivity contribution in [1.29, 1.82) is 0 Å². The third-order valence-electron chi connectivity index (χ3n) is 3.13. The Hall–Kier alpha value is -2.32. The van der Waals surface area contributed by atoms with Crippen LogP contribution in [0.4, 0.5) is 5.13 Å². The molecule has 0 bridgehead atoms. The number of methoxy groups -OCH3 is 1. The maximum atomic E-state index is 12.5. The van der Waals surface area contributed by atoms with Crippen molar-refractivity contribution in [3.8, 4) is 0 Å². The molecule has 0 aliphatic rings. The number of carbonyl (C=O) groups excluding carboxylic acids is 1. The Morgan fingerprint density at radius 3 is 3.00 bits per heavy atom. The van der Waals surface area contributed by atoms with E-state index < -0.39 is 0 Å². The van der Waals surface area contributed by atoms with E-state index in [1.54, 1.807) is 11.5 Å². The summed E-state index contributed by atoms with van der Waals surface area (Å²) in [6, 6.07) is 3.87. The highest BCUT2D eigenvalue weighted by Gasteiger charge is 2.18. The summed E-state index contributed by atoms with van der Waals surface area (Å²) >= 11 is 1.29. The molecule has 3 aromatic heterocycles. The fraction of sp³-hybridized carbons (Fsp3) is 0.286. The van der Waals surface area contributed by atoms with E-state index in [2.05, 4.69) is 20.5 Å². The minimum Gasteiger partial charge on any atom is -0.377 e. The van der Waals surface area contributed by atoms with Crippen molar-refractivity contribution >= 4 is 28.0 Å². The predicted molar refractivity (Wildman–Crippen MR) is 83.2 cm³/mol. The number of amides is 1. The number of pyridine rings is 1. The Bertz CT molecular complexity index is 839. The molecule has 7 nitrogen and oxygen atoms in total. The number of aryl methyl sites for hydroxylation is 2. The fourth-order valence-electron chi connectivity index (χ4n) is 2.18. The van der Waals surface area contributed by atoms with Gasteiger partial charge >= 0.3 is 0 Å². The lowest BCUT2D eigenvalue weighted by Gasteiger charge is -2.03. The Balaban J connectivity index is 1.89. The van der Waals surface area contributed by atoms with E-state index in [1.165, 1.54) is 11.3 Å². The molecule has 0 fully saturated rings. The quantitative estimate of drug-likeness (QED) is 0.798. The molecular weight excluding hydrogens is 302 g/mol.